The maximum atomic E-state index is 11.8. The van der Waals surface area contributed by atoms with Crippen molar-refractivity contribution in [2.45, 2.75) is 32.2 Å². The van der Waals surface area contributed by atoms with Gasteiger partial charge in [-0.1, -0.05) is 19.8 Å². The first kappa shape index (κ1) is 13.8. The molecule has 0 amide bonds. The average Bonchev–Trinajstić information content (AvgIpc) is 2.34. The van der Waals surface area contributed by atoms with Gasteiger partial charge in [0, 0.05) is 24.7 Å². The zero-order chi connectivity index (χ0) is 11.8. The van der Waals surface area contributed by atoms with E-state index in [-0.39, 0.29) is 12.0 Å². The van der Waals surface area contributed by atoms with Crippen LogP contribution in [0.1, 0.15) is 26.2 Å². The Morgan fingerprint density at radius 2 is 2.38 bits per heavy atom. The van der Waals surface area contributed by atoms with E-state index in [1.54, 1.807) is 11.8 Å². The van der Waals surface area contributed by atoms with E-state index in [4.69, 9.17) is 10.5 Å². The second kappa shape index (κ2) is 7.92. The van der Waals surface area contributed by atoms with Crippen molar-refractivity contribution in [3.8, 4) is 0 Å². The summed E-state index contributed by atoms with van der Waals surface area (Å²) in [6.07, 6.45) is 3.23. The van der Waals surface area contributed by atoms with Crippen molar-refractivity contribution < 1.29 is 9.53 Å². The van der Waals surface area contributed by atoms with Crippen LogP contribution in [-0.2, 0) is 9.53 Å². The van der Waals surface area contributed by atoms with Gasteiger partial charge in [-0.3, -0.25) is 9.69 Å². The van der Waals surface area contributed by atoms with Crippen molar-refractivity contribution in [3.63, 3.8) is 0 Å². The van der Waals surface area contributed by atoms with Crippen LogP contribution in [0.4, 0.5) is 0 Å². The average molecular weight is 246 g/mol. The van der Waals surface area contributed by atoms with E-state index in [2.05, 4.69) is 6.92 Å². The normalized spacial score (nSPS) is 22.0. The van der Waals surface area contributed by atoms with Crippen LogP contribution in [0.25, 0.3) is 0 Å². The molecule has 94 valence electrons. The van der Waals surface area contributed by atoms with Gasteiger partial charge < -0.3 is 10.5 Å². The second-order valence-electron chi connectivity index (χ2n) is 3.96. The van der Waals surface area contributed by atoms with Crippen LogP contribution in [0.15, 0.2) is 0 Å². The summed E-state index contributed by atoms with van der Waals surface area (Å²) in [7, 11) is 0. The summed E-state index contributed by atoms with van der Waals surface area (Å²) in [4.78, 5) is 13.8. The predicted molar refractivity (Wildman–Crippen MR) is 67.4 cm³/mol. The molecule has 0 saturated carbocycles. The fourth-order valence-corrected chi connectivity index (χ4v) is 2.80. The molecule has 1 aliphatic rings. The zero-order valence-electron chi connectivity index (χ0n) is 9.98. The Morgan fingerprint density at radius 3 is 3.06 bits per heavy atom. The number of hydrogen-bond acceptors (Lipinski definition) is 5. The van der Waals surface area contributed by atoms with Gasteiger partial charge in [-0.15, -0.1) is 0 Å². The standard InChI is InChI=1S/C11H22N2O2S/c1-2-3-4-6-15-11(14)10-8-16-7-5-13(10)9-12/h10H,2-9,12H2,1H3. The number of thioether (sulfide) groups is 1. The van der Waals surface area contributed by atoms with Gasteiger partial charge in [0.1, 0.15) is 6.04 Å². The third kappa shape index (κ3) is 4.31. The van der Waals surface area contributed by atoms with Crippen molar-refractivity contribution >= 4 is 17.7 Å². The first-order valence-corrected chi connectivity index (χ1v) is 7.13. The molecule has 0 aliphatic carbocycles. The lowest BCUT2D eigenvalue weighted by atomic mass is 10.2. The third-order valence-corrected chi connectivity index (χ3v) is 3.76. The van der Waals surface area contributed by atoms with Gasteiger partial charge in [-0.2, -0.15) is 11.8 Å². The topological polar surface area (TPSA) is 55.6 Å². The van der Waals surface area contributed by atoms with Crippen molar-refractivity contribution in [3.05, 3.63) is 0 Å². The summed E-state index contributed by atoms with van der Waals surface area (Å²) >= 11 is 1.80. The Morgan fingerprint density at radius 1 is 1.56 bits per heavy atom. The van der Waals surface area contributed by atoms with E-state index in [0.29, 0.717) is 13.3 Å². The molecule has 1 heterocycles. The fourth-order valence-electron chi connectivity index (χ4n) is 1.69. The van der Waals surface area contributed by atoms with Crippen molar-refractivity contribution in [2.75, 3.05) is 31.3 Å². The zero-order valence-corrected chi connectivity index (χ0v) is 10.8. The van der Waals surface area contributed by atoms with Crippen LogP contribution in [-0.4, -0.2) is 48.2 Å². The van der Waals surface area contributed by atoms with E-state index in [9.17, 15) is 4.79 Å². The maximum Gasteiger partial charge on any atom is 0.324 e. The van der Waals surface area contributed by atoms with Gasteiger partial charge in [0.15, 0.2) is 0 Å². The minimum absolute atomic E-state index is 0.103. The number of carbonyl (C=O) groups is 1. The summed E-state index contributed by atoms with van der Waals surface area (Å²) in [6, 6.07) is -0.134. The highest BCUT2D eigenvalue weighted by atomic mass is 32.2. The molecule has 5 heteroatoms. The van der Waals surface area contributed by atoms with Gasteiger partial charge in [0.2, 0.25) is 0 Å². The van der Waals surface area contributed by atoms with Crippen LogP contribution in [0.2, 0.25) is 0 Å². The number of ether oxygens (including phenoxy) is 1. The minimum atomic E-state index is -0.134. The molecule has 0 spiro atoms. The lowest BCUT2D eigenvalue weighted by molar-refractivity contribution is -0.149. The number of carbonyl (C=O) groups excluding carboxylic acids is 1. The Labute approximate surface area is 102 Å². The molecule has 2 N–H and O–H groups in total. The summed E-state index contributed by atoms with van der Waals surface area (Å²) in [5, 5.41) is 0. The smallest absolute Gasteiger partial charge is 0.324 e. The Kier molecular flexibility index (Phi) is 6.84. The number of hydrogen-bond donors (Lipinski definition) is 1. The van der Waals surface area contributed by atoms with Crippen molar-refractivity contribution in [2.24, 2.45) is 5.73 Å². The SMILES string of the molecule is CCCCCOC(=O)C1CSCCN1CN. The molecule has 0 aromatic carbocycles. The number of unbranched alkanes of at least 4 members (excludes halogenated alkanes) is 2. The summed E-state index contributed by atoms with van der Waals surface area (Å²) < 4.78 is 5.27. The van der Waals surface area contributed by atoms with Crippen LogP contribution in [0, 0.1) is 0 Å². The lowest BCUT2D eigenvalue weighted by Crippen LogP contribution is -2.50. The van der Waals surface area contributed by atoms with E-state index < -0.39 is 0 Å². The number of esters is 1. The highest BCUT2D eigenvalue weighted by Gasteiger charge is 2.29. The molecule has 1 unspecified atom stereocenters. The molecule has 1 fully saturated rings. The van der Waals surface area contributed by atoms with Gasteiger partial charge >= 0.3 is 5.97 Å². The summed E-state index contributed by atoms with van der Waals surface area (Å²) in [5.74, 6) is 1.76. The van der Waals surface area contributed by atoms with Gasteiger partial charge in [-0.25, -0.2) is 0 Å². The first-order valence-electron chi connectivity index (χ1n) is 5.98. The Balaban J connectivity index is 2.27. The molecule has 1 rings (SSSR count). The van der Waals surface area contributed by atoms with Crippen molar-refractivity contribution in [1.29, 1.82) is 0 Å². The number of nitrogens with two attached hydrogens (primary N) is 1. The first-order chi connectivity index (χ1) is 7.79. The van der Waals surface area contributed by atoms with Gasteiger partial charge in [0.25, 0.3) is 0 Å². The lowest BCUT2D eigenvalue weighted by Gasteiger charge is -2.32. The molecule has 4 nitrogen and oxygen atoms in total. The van der Waals surface area contributed by atoms with Crippen molar-refractivity contribution in [1.82, 2.24) is 4.90 Å². The van der Waals surface area contributed by atoms with Gasteiger partial charge in [0.05, 0.1) is 6.61 Å². The molecular formula is C11H22N2O2S. The molecule has 0 aromatic rings. The van der Waals surface area contributed by atoms with E-state index in [0.717, 1.165) is 37.3 Å². The Bertz CT molecular complexity index is 214. The van der Waals surface area contributed by atoms with E-state index in [1.807, 2.05) is 4.90 Å². The molecule has 0 aromatic heterocycles. The minimum Gasteiger partial charge on any atom is -0.464 e. The quantitative estimate of drug-likeness (QED) is 0.561. The second-order valence-corrected chi connectivity index (χ2v) is 5.11. The highest BCUT2D eigenvalue weighted by Crippen LogP contribution is 2.16. The van der Waals surface area contributed by atoms with Crippen LogP contribution in [0.3, 0.4) is 0 Å². The molecule has 16 heavy (non-hydrogen) atoms. The Hall–Kier alpha value is -0.260. The third-order valence-electron chi connectivity index (χ3n) is 2.74. The molecular weight excluding hydrogens is 224 g/mol. The molecule has 0 radical (unpaired) electrons. The molecule has 0 bridgehead atoms. The monoisotopic (exact) mass is 246 g/mol. The fraction of sp³-hybridized carbons (Fsp3) is 0.909. The number of rotatable bonds is 6. The maximum absolute atomic E-state index is 11.8. The molecule has 1 saturated heterocycles. The predicted octanol–water partition coefficient (Wildman–Crippen LogP) is 1.05. The van der Waals surface area contributed by atoms with E-state index in [1.165, 1.54) is 0 Å². The summed E-state index contributed by atoms with van der Waals surface area (Å²) in [6.45, 7) is 4.01. The van der Waals surface area contributed by atoms with Crippen LogP contribution < -0.4 is 5.73 Å². The molecule has 1 aliphatic heterocycles. The highest BCUT2D eigenvalue weighted by molar-refractivity contribution is 7.99. The van der Waals surface area contributed by atoms with E-state index >= 15 is 0 Å². The van der Waals surface area contributed by atoms with Crippen LogP contribution >= 0.6 is 11.8 Å². The summed E-state index contributed by atoms with van der Waals surface area (Å²) in [5.41, 5.74) is 5.62. The van der Waals surface area contributed by atoms with Crippen LogP contribution in [0.5, 0.6) is 0 Å². The largest absolute Gasteiger partial charge is 0.464 e. The molecule has 1 atom stereocenters. The number of nitrogens with zero attached hydrogens (tertiary/aromatic N) is 1. The van der Waals surface area contributed by atoms with Gasteiger partial charge in [-0.05, 0) is 6.42 Å².